The van der Waals surface area contributed by atoms with E-state index >= 15 is 0 Å². The number of benzene rings is 1. The molecule has 0 fully saturated rings. The average molecular weight is 299 g/mol. The molecule has 0 radical (unpaired) electrons. The zero-order chi connectivity index (χ0) is 15.5. The van der Waals surface area contributed by atoms with Gasteiger partial charge in [0.1, 0.15) is 5.75 Å². The molecule has 22 heavy (non-hydrogen) atoms. The van der Waals surface area contributed by atoms with Crippen LogP contribution in [0.3, 0.4) is 0 Å². The molecule has 1 aliphatic rings. The Kier molecular flexibility index (Phi) is 4.04. The molecule has 1 aliphatic heterocycles. The Bertz CT molecular complexity index is 648. The molecule has 5 heteroatoms. The zero-order valence-corrected chi connectivity index (χ0v) is 13.0. The Hall–Kier alpha value is -2.43. The van der Waals surface area contributed by atoms with E-state index in [-0.39, 0.29) is 12.1 Å². The third-order valence-electron chi connectivity index (χ3n) is 4.21. The van der Waals surface area contributed by atoms with Gasteiger partial charge in [-0.3, -0.25) is 0 Å². The van der Waals surface area contributed by atoms with Crippen molar-refractivity contribution in [2.75, 3.05) is 13.7 Å². The second kappa shape index (κ2) is 6.13. The Morgan fingerprint density at radius 1 is 1.27 bits per heavy atom. The van der Waals surface area contributed by atoms with E-state index in [0.29, 0.717) is 6.54 Å². The fourth-order valence-electron chi connectivity index (χ4n) is 2.88. The van der Waals surface area contributed by atoms with E-state index in [4.69, 9.17) is 4.74 Å². The average Bonchev–Trinajstić information content (AvgIpc) is 3.03. The highest BCUT2D eigenvalue weighted by atomic mass is 16.5. The topological polar surface area (TPSA) is 46.5 Å². The van der Waals surface area contributed by atoms with Crippen molar-refractivity contribution in [3.63, 3.8) is 0 Å². The number of aromatic nitrogens is 1. The smallest absolute Gasteiger partial charge is 0.318 e. The number of ether oxygens (including phenoxy) is 1. The van der Waals surface area contributed by atoms with Crippen molar-refractivity contribution in [2.45, 2.75) is 26.1 Å². The summed E-state index contributed by atoms with van der Waals surface area (Å²) in [5.74, 6) is 0.820. The molecule has 0 aliphatic carbocycles. The first kappa shape index (κ1) is 14.5. The maximum Gasteiger partial charge on any atom is 0.318 e. The predicted molar refractivity (Wildman–Crippen MR) is 84.8 cm³/mol. The number of amides is 2. The van der Waals surface area contributed by atoms with Crippen molar-refractivity contribution >= 4 is 6.03 Å². The minimum absolute atomic E-state index is 0.0178. The third kappa shape index (κ3) is 2.79. The maximum atomic E-state index is 12.4. The number of urea groups is 1. The van der Waals surface area contributed by atoms with Crippen LogP contribution in [0.2, 0.25) is 0 Å². The van der Waals surface area contributed by atoms with Crippen LogP contribution >= 0.6 is 0 Å². The molecular weight excluding hydrogens is 278 g/mol. The monoisotopic (exact) mass is 299 g/mol. The summed E-state index contributed by atoms with van der Waals surface area (Å²) < 4.78 is 7.34. The van der Waals surface area contributed by atoms with Gasteiger partial charge in [0.2, 0.25) is 0 Å². The van der Waals surface area contributed by atoms with Crippen molar-refractivity contribution in [2.24, 2.45) is 0 Å². The van der Waals surface area contributed by atoms with Gasteiger partial charge in [0.25, 0.3) is 0 Å². The Morgan fingerprint density at radius 2 is 2.05 bits per heavy atom. The SMILES string of the molecule is COc1ccc(CNC(=O)N2CCn3cccc3C2C)cc1. The van der Waals surface area contributed by atoms with E-state index in [2.05, 4.69) is 29.1 Å². The van der Waals surface area contributed by atoms with Gasteiger partial charge >= 0.3 is 6.03 Å². The molecule has 5 nitrogen and oxygen atoms in total. The summed E-state index contributed by atoms with van der Waals surface area (Å²) in [5, 5.41) is 3.00. The maximum absolute atomic E-state index is 12.4. The molecule has 0 spiro atoms. The molecule has 1 atom stereocenters. The third-order valence-corrected chi connectivity index (χ3v) is 4.21. The van der Waals surface area contributed by atoms with Gasteiger partial charge in [0.15, 0.2) is 0 Å². The summed E-state index contributed by atoms with van der Waals surface area (Å²) in [7, 11) is 1.64. The van der Waals surface area contributed by atoms with Crippen LogP contribution in [-0.4, -0.2) is 29.2 Å². The van der Waals surface area contributed by atoms with Crippen LogP contribution in [0.25, 0.3) is 0 Å². The number of hydrogen-bond acceptors (Lipinski definition) is 2. The first-order chi connectivity index (χ1) is 10.7. The number of nitrogens with one attached hydrogen (secondary N) is 1. The fraction of sp³-hybridized carbons (Fsp3) is 0.353. The van der Waals surface area contributed by atoms with E-state index in [1.807, 2.05) is 35.2 Å². The molecule has 0 saturated carbocycles. The van der Waals surface area contributed by atoms with E-state index in [0.717, 1.165) is 24.4 Å². The van der Waals surface area contributed by atoms with Crippen molar-refractivity contribution < 1.29 is 9.53 Å². The minimum Gasteiger partial charge on any atom is -0.497 e. The highest BCUT2D eigenvalue weighted by molar-refractivity contribution is 5.74. The highest BCUT2D eigenvalue weighted by Crippen LogP contribution is 2.25. The van der Waals surface area contributed by atoms with E-state index in [1.54, 1.807) is 7.11 Å². The highest BCUT2D eigenvalue weighted by Gasteiger charge is 2.26. The van der Waals surface area contributed by atoms with E-state index in [9.17, 15) is 4.79 Å². The second-order valence-corrected chi connectivity index (χ2v) is 5.50. The molecule has 0 saturated heterocycles. The predicted octanol–water partition coefficient (Wildman–Crippen LogP) is 2.78. The molecule has 1 aromatic heterocycles. The molecule has 1 N–H and O–H groups in total. The van der Waals surface area contributed by atoms with Gasteiger partial charge in [-0.2, -0.15) is 0 Å². The van der Waals surface area contributed by atoms with E-state index in [1.165, 1.54) is 5.69 Å². The first-order valence-electron chi connectivity index (χ1n) is 7.51. The van der Waals surface area contributed by atoms with Crippen LogP contribution in [0, 0.1) is 0 Å². The summed E-state index contributed by atoms with van der Waals surface area (Å²) in [6.07, 6.45) is 2.07. The van der Waals surface area contributed by atoms with Crippen molar-refractivity contribution in [3.8, 4) is 5.75 Å². The van der Waals surface area contributed by atoms with Crippen LogP contribution in [-0.2, 0) is 13.1 Å². The number of rotatable bonds is 3. The van der Waals surface area contributed by atoms with Gasteiger partial charge in [-0.05, 0) is 36.8 Å². The van der Waals surface area contributed by atoms with Crippen LogP contribution in [0.5, 0.6) is 5.75 Å². The molecule has 116 valence electrons. The summed E-state index contributed by atoms with van der Waals surface area (Å²) in [4.78, 5) is 14.3. The van der Waals surface area contributed by atoms with Crippen molar-refractivity contribution in [1.29, 1.82) is 0 Å². The summed E-state index contributed by atoms with van der Waals surface area (Å²) in [5.41, 5.74) is 2.24. The number of hydrogen-bond donors (Lipinski definition) is 1. The number of carbonyl (C=O) groups excluding carboxylic acids is 1. The van der Waals surface area contributed by atoms with Crippen molar-refractivity contribution in [3.05, 3.63) is 53.9 Å². The first-order valence-corrected chi connectivity index (χ1v) is 7.51. The molecule has 0 bridgehead atoms. The Balaban J connectivity index is 1.60. The molecule has 3 rings (SSSR count). The largest absolute Gasteiger partial charge is 0.497 e. The van der Waals surface area contributed by atoms with Gasteiger partial charge in [0.05, 0.1) is 13.2 Å². The van der Waals surface area contributed by atoms with Crippen LogP contribution < -0.4 is 10.1 Å². The minimum atomic E-state index is -0.0178. The van der Waals surface area contributed by atoms with E-state index < -0.39 is 0 Å². The Morgan fingerprint density at radius 3 is 2.77 bits per heavy atom. The lowest BCUT2D eigenvalue weighted by Gasteiger charge is -2.34. The zero-order valence-electron chi connectivity index (χ0n) is 13.0. The number of carbonyl (C=O) groups is 1. The molecule has 2 aromatic rings. The summed E-state index contributed by atoms with van der Waals surface area (Å²) >= 11 is 0. The van der Waals surface area contributed by atoms with Crippen molar-refractivity contribution in [1.82, 2.24) is 14.8 Å². The van der Waals surface area contributed by atoms with Gasteiger partial charge < -0.3 is 19.5 Å². The van der Waals surface area contributed by atoms with Gasteiger partial charge in [-0.15, -0.1) is 0 Å². The molecule has 2 amide bonds. The van der Waals surface area contributed by atoms with Gasteiger partial charge in [-0.25, -0.2) is 4.79 Å². The number of methoxy groups -OCH3 is 1. The lowest BCUT2D eigenvalue weighted by molar-refractivity contribution is 0.162. The fourth-order valence-corrected chi connectivity index (χ4v) is 2.88. The number of nitrogens with zero attached hydrogens (tertiary/aromatic N) is 2. The molecule has 1 unspecified atom stereocenters. The lowest BCUT2D eigenvalue weighted by Crippen LogP contribution is -2.45. The molecule has 1 aromatic carbocycles. The number of fused-ring (bicyclic) bond motifs is 1. The van der Waals surface area contributed by atoms with Crippen LogP contribution in [0.1, 0.15) is 24.2 Å². The standard InChI is InChI=1S/C17H21N3O2/c1-13-16-4-3-9-19(16)10-11-20(13)17(21)18-12-14-5-7-15(22-2)8-6-14/h3-9,13H,10-12H2,1-2H3,(H,18,21). The van der Waals surface area contributed by atoms with Crippen LogP contribution in [0.15, 0.2) is 42.6 Å². The van der Waals surface area contributed by atoms with Gasteiger partial charge in [0, 0.05) is 31.5 Å². The molecular formula is C17H21N3O2. The quantitative estimate of drug-likeness (QED) is 0.947. The summed E-state index contributed by atoms with van der Waals surface area (Å²) in [6.45, 7) is 4.17. The molecule has 2 heterocycles. The normalized spacial score (nSPS) is 17.0. The lowest BCUT2D eigenvalue weighted by atomic mass is 10.1. The van der Waals surface area contributed by atoms with Crippen LogP contribution in [0.4, 0.5) is 4.79 Å². The van der Waals surface area contributed by atoms with Gasteiger partial charge in [-0.1, -0.05) is 12.1 Å². The summed E-state index contributed by atoms with van der Waals surface area (Å²) in [6, 6.07) is 11.9. The Labute approximate surface area is 130 Å². The second-order valence-electron chi connectivity index (χ2n) is 5.50.